The molecule has 0 bridgehead atoms. The summed E-state index contributed by atoms with van der Waals surface area (Å²) < 4.78 is 1.98. The molecule has 0 saturated carbocycles. The number of imidazole rings is 1. The van der Waals surface area contributed by atoms with E-state index < -0.39 is 0 Å². The maximum atomic E-state index is 5.97. The average Bonchev–Trinajstić information content (AvgIpc) is 2.95. The largest absolute Gasteiger partial charge is 0.315 e. The van der Waals surface area contributed by atoms with Crippen LogP contribution in [-0.2, 0) is 6.54 Å². The van der Waals surface area contributed by atoms with Gasteiger partial charge in [0.15, 0.2) is 0 Å². The van der Waals surface area contributed by atoms with Crippen molar-refractivity contribution in [1.29, 1.82) is 0 Å². The molecule has 4 nitrogen and oxygen atoms in total. The lowest BCUT2D eigenvalue weighted by atomic mass is 10.2. The fourth-order valence-electron chi connectivity index (χ4n) is 2.49. The number of fused-ring (bicyclic) bond motifs is 1. The predicted molar refractivity (Wildman–Crippen MR) is 72.9 cm³/mol. The first-order valence-electron chi connectivity index (χ1n) is 6.26. The lowest BCUT2D eigenvalue weighted by Gasteiger charge is -2.22. The standard InChI is InChI=1S/C13H17ClN4/c1-17(12-4-5-15-6-12)8-11-9-18-7-10(14)2-3-13(18)16-11/h2-3,7,9,12,15H,4-6,8H2,1H3. The first-order chi connectivity index (χ1) is 8.72. The lowest BCUT2D eigenvalue weighted by molar-refractivity contribution is 0.246. The third kappa shape index (κ3) is 2.36. The van der Waals surface area contributed by atoms with Crippen LogP contribution in [0.1, 0.15) is 12.1 Å². The van der Waals surface area contributed by atoms with E-state index in [9.17, 15) is 0 Å². The summed E-state index contributed by atoms with van der Waals surface area (Å²) in [6.07, 6.45) is 5.17. The molecule has 0 radical (unpaired) electrons. The Kier molecular flexibility index (Phi) is 3.24. The number of rotatable bonds is 3. The summed E-state index contributed by atoms with van der Waals surface area (Å²) in [4.78, 5) is 6.97. The highest BCUT2D eigenvalue weighted by Gasteiger charge is 2.19. The summed E-state index contributed by atoms with van der Waals surface area (Å²) in [6.45, 7) is 3.08. The topological polar surface area (TPSA) is 32.6 Å². The molecule has 1 aliphatic heterocycles. The number of likely N-dealkylation sites (N-methyl/N-ethyl adjacent to an activating group) is 1. The van der Waals surface area contributed by atoms with Crippen molar-refractivity contribution in [2.45, 2.75) is 19.0 Å². The molecule has 18 heavy (non-hydrogen) atoms. The number of pyridine rings is 1. The third-order valence-corrected chi connectivity index (χ3v) is 3.76. The van der Waals surface area contributed by atoms with Crippen LogP contribution in [0.3, 0.4) is 0 Å². The Morgan fingerprint density at radius 3 is 3.17 bits per heavy atom. The van der Waals surface area contributed by atoms with Crippen LogP contribution in [0.2, 0.25) is 5.02 Å². The highest BCUT2D eigenvalue weighted by Crippen LogP contribution is 2.14. The van der Waals surface area contributed by atoms with E-state index in [0.717, 1.165) is 36.0 Å². The van der Waals surface area contributed by atoms with Gasteiger partial charge in [0.2, 0.25) is 0 Å². The predicted octanol–water partition coefficient (Wildman–Crippen LogP) is 1.78. The molecule has 0 amide bonds. The molecule has 5 heteroatoms. The van der Waals surface area contributed by atoms with Crippen LogP contribution in [0.4, 0.5) is 0 Å². The summed E-state index contributed by atoms with van der Waals surface area (Å²) >= 11 is 5.97. The summed E-state index contributed by atoms with van der Waals surface area (Å²) in [6, 6.07) is 4.44. The Hall–Kier alpha value is -1.10. The van der Waals surface area contributed by atoms with Gasteiger partial charge in [0.1, 0.15) is 5.65 Å². The van der Waals surface area contributed by atoms with Gasteiger partial charge in [0, 0.05) is 31.5 Å². The quantitative estimate of drug-likeness (QED) is 0.917. The zero-order valence-electron chi connectivity index (χ0n) is 10.4. The van der Waals surface area contributed by atoms with Crippen molar-refractivity contribution >= 4 is 17.2 Å². The normalized spacial score (nSPS) is 20.1. The molecule has 3 rings (SSSR count). The van der Waals surface area contributed by atoms with Crippen LogP contribution >= 0.6 is 11.6 Å². The van der Waals surface area contributed by atoms with E-state index in [1.807, 2.05) is 22.7 Å². The summed E-state index contributed by atoms with van der Waals surface area (Å²) in [7, 11) is 2.16. The number of hydrogen-bond donors (Lipinski definition) is 1. The minimum atomic E-state index is 0.624. The zero-order valence-corrected chi connectivity index (χ0v) is 11.2. The molecule has 0 aromatic carbocycles. The molecule has 0 aliphatic carbocycles. The Morgan fingerprint density at radius 2 is 2.39 bits per heavy atom. The number of nitrogens with one attached hydrogen (secondary N) is 1. The molecule has 1 atom stereocenters. The Morgan fingerprint density at radius 1 is 1.50 bits per heavy atom. The number of nitrogens with zero attached hydrogens (tertiary/aromatic N) is 3. The van der Waals surface area contributed by atoms with E-state index in [4.69, 9.17) is 11.6 Å². The first kappa shape index (κ1) is 12.0. The van der Waals surface area contributed by atoms with Gasteiger partial charge < -0.3 is 9.72 Å². The average molecular weight is 265 g/mol. The molecule has 0 spiro atoms. The van der Waals surface area contributed by atoms with Crippen LogP contribution in [0.5, 0.6) is 0 Å². The van der Waals surface area contributed by atoms with Gasteiger partial charge in [0.05, 0.1) is 10.7 Å². The molecule has 96 valence electrons. The van der Waals surface area contributed by atoms with Gasteiger partial charge in [-0.25, -0.2) is 4.98 Å². The number of aromatic nitrogens is 2. The van der Waals surface area contributed by atoms with Gasteiger partial charge in [-0.3, -0.25) is 4.90 Å². The molecular weight excluding hydrogens is 248 g/mol. The minimum Gasteiger partial charge on any atom is -0.315 e. The van der Waals surface area contributed by atoms with E-state index in [1.165, 1.54) is 6.42 Å². The Labute approximate surface area is 112 Å². The van der Waals surface area contributed by atoms with Gasteiger partial charge in [-0.15, -0.1) is 0 Å². The van der Waals surface area contributed by atoms with Gasteiger partial charge in [-0.05, 0) is 32.1 Å². The third-order valence-electron chi connectivity index (χ3n) is 3.53. The van der Waals surface area contributed by atoms with Crippen LogP contribution in [0.15, 0.2) is 24.5 Å². The zero-order chi connectivity index (χ0) is 12.5. The maximum Gasteiger partial charge on any atom is 0.137 e. The molecule has 1 N–H and O–H groups in total. The van der Waals surface area contributed by atoms with E-state index in [0.29, 0.717) is 6.04 Å². The SMILES string of the molecule is CN(Cc1cn2cc(Cl)ccc2n1)C1CCNC1. The molecule has 3 heterocycles. The van der Waals surface area contributed by atoms with Gasteiger partial charge >= 0.3 is 0 Å². The van der Waals surface area contributed by atoms with E-state index >= 15 is 0 Å². The van der Waals surface area contributed by atoms with Crippen LogP contribution < -0.4 is 5.32 Å². The van der Waals surface area contributed by atoms with Crippen molar-refractivity contribution in [1.82, 2.24) is 19.6 Å². The number of halogens is 1. The van der Waals surface area contributed by atoms with Crippen LogP contribution in [0.25, 0.3) is 5.65 Å². The van der Waals surface area contributed by atoms with Gasteiger partial charge in [-0.1, -0.05) is 11.6 Å². The minimum absolute atomic E-state index is 0.624. The van der Waals surface area contributed by atoms with Crippen molar-refractivity contribution < 1.29 is 0 Å². The maximum absolute atomic E-state index is 5.97. The van der Waals surface area contributed by atoms with Crippen molar-refractivity contribution in [3.63, 3.8) is 0 Å². The molecule has 1 saturated heterocycles. The van der Waals surface area contributed by atoms with E-state index in [2.05, 4.69) is 28.4 Å². The first-order valence-corrected chi connectivity index (χ1v) is 6.64. The second kappa shape index (κ2) is 4.88. The summed E-state index contributed by atoms with van der Waals surface area (Å²) in [5.74, 6) is 0. The molecule has 2 aromatic rings. The number of hydrogen-bond acceptors (Lipinski definition) is 3. The van der Waals surface area contributed by atoms with E-state index in [1.54, 1.807) is 0 Å². The lowest BCUT2D eigenvalue weighted by Crippen LogP contribution is -2.32. The molecule has 1 unspecified atom stereocenters. The molecule has 1 aliphatic rings. The van der Waals surface area contributed by atoms with Crippen LogP contribution in [0, 0.1) is 0 Å². The summed E-state index contributed by atoms with van der Waals surface area (Å²) in [5.41, 5.74) is 2.04. The summed E-state index contributed by atoms with van der Waals surface area (Å²) in [5, 5.41) is 4.12. The van der Waals surface area contributed by atoms with Crippen molar-refractivity contribution in [2.75, 3.05) is 20.1 Å². The van der Waals surface area contributed by atoms with Crippen molar-refractivity contribution in [3.05, 3.63) is 35.2 Å². The van der Waals surface area contributed by atoms with Crippen molar-refractivity contribution in [3.8, 4) is 0 Å². The molecule has 2 aromatic heterocycles. The second-order valence-electron chi connectivity index (χ2n) is 4.91. The Balaban J connectivity index is 1.77. The van der Waals surface area contributed by atoms with E-state index in [-0.39, 0.29) is 0 Å². The van der Waals surface area contributed by atoms with Gasteiger partial charge in [0.25, 0.3) is 0 Å². The fourth-order valence-corrected chi connectivity index (χ4v) is 2.66. The van der Waals surface area contributed by atoms with Crippen molar-refractivity contribution in [2.24, 2.45) is 0 Å². The fraction of sp³-hybridized carbons (Fsp3) is 0.462. The smallest absolute Gasteiger partial charge is 0.137 e. The monoisotopic (exact) mass is 264 g/mol. The highest BCUT2D eigenvalue weighted by molar-refractivity contribution is 6.30. The molecule has 1 fully saturated rings. The Bertz CT molecular complexity index is 545. The molecular formula is C13H17ClN4. The highest BCUT2D eigenvalue weighted by atomic mass is 35.5. The van der Waals surface area contributed by atoms with Gasteiger partial charge in [-0.2, -0.15) is 0 Å². The van der Waals surface area contributed by atoms with Crippen LogP contribution in [-0.4, -0.2) is 40.5 Å². The second-order valence-corrected chi connectivity index (χ2v) is 5.34.